The molecule has 78 valence electrons. The van der Waals surface area contributed by atoms with Gasteiger partial charge >= 0.3 is 5.97 Å². The van der Waals surface area contributed by atoms with E-state index in [4.69, 9.17) is 0 Å². The van der Waals surface area contributed by atoms with E-state index < -0.39 is 16.6 Å². The summed E-state index contributed by atoms with van der Waals surface area (Å²) in [5.74, 6) is -1.37. The number of non-ortho nitro benzene ring substituents is 1. The monoisotopic (exact) mass is 209 g/mol. The van der Waals surface area contributed by atoms with Gasteiger partial charge in [0.15, 0.2) is 11.5 Å². The number of aromatic hydroxyl groups is 1. The van der Waals surface area contributed by atoms with Crippen molar-refractivity contribution in [1.29, 1.82) is 0 Å². The van der Waals surface area contributed by atoms with Gasteiger partial charge in [-0.3, -0.25) is 10.1 Å². The molecule has 0 aliphatic rings. The van der Waals surface area contributed by atoms with Gasteiger partial charge in [-0.05, 0) is 6.07 Å². The van der Waals surface area contributed by atoms with Crippen molar-refractivity contribution < 1.29 is 19.6 Å². The zero-order valence-electron chi connectivity index (χ0n) is 7.54. The maximum Gasteiger partial charge on any atom is 0.335 e. The Bertz CT molecular complexity index is 427. The molecule has 0 aromatic heterocycles. The molecule has 0 atom stereocenters. The molecule has 0 amide bonds. The molecule has 0 aliphatic carbocycles. The summed E-state index contributed by atoms with van der Waals surface area (Å²) in [4.78, 5) is 20.4. The van der Waals surface area contributed by atoms with Gasteiger partial charge in [-0.25, -0.2) is 4.79 Å². The number of rotatable bonds is 3. The quantitative estimate of drug-likeness (QED) is 0.267. The molecular formula is C9H7NO5. The second-order valence-electron chi connectivity index (χ2n) is 2.53. The largest absolute Gasteiger partial charge is 0.504 e. The minimum absolute atomic E-state index is 0.148. The summed E-state index contributed by atoms with van der Waals surface area (Å²) in [6.07, 6.45) is 0.918. The molecule has 15 heavy (non-hydrogen) atoms. The van der Waals surface area contributed by atoms with Crippen LogP contribution in [0.1, 0.15) is 0 Å². The average Bonchev–Trinajstić information content (AvgIpc) is 2.20. The molecule has 6 nitrogen and oxygen atoms in total. The van der Waals surface area contributed by atoms with E-state index >= 15 is 0 Å². The first kappa shape index (κ1) is 10.7. The number of carbonyl (C=O) groups excluding carboxylic acids is 1. The Balaban J connectivity index is 2.98. The van der Waals surface area contributed by atoms with Crippen molar-refractivity contribution in [3.63, 3.8) is 0 Å². The molecule has 1 aromatic carbocycles. The second-order valence-corrected chi connectivity index (χ2v) is 2.53. The van der Waals surface area contributed by atoms with Crippen LogP contribution >= 0.6 is 0 Å². The third-order valence-electron chi connectivity index (χ3n) is 1.53. The fourth-order valence-electron chi connectivity index (χ4n) is 0.856. The van der Waals surface area contributed by atoms with Gasteiger partial charge in [0.2, 0.25) is 0 Å². The highest BCUT2D eigenvalue weighted by molar-refractivity contribution is 5.83. The number of esters is 1. The molecule has 0 aliphatic heterocycles. The lowest BCUT2D eigenvalue weighted by atomic mass is 10.3. The van der Waals surface area contributed by atoms with Crippen LogP contribution < -0.4 is 4.74 Å². The molecule has 0 saturated carbocycles. The molecule has 1 rings (SSSR count). The molecule has 1 aromatic rings. The van der Waals surface area contributed by atoms with Gasteiger partial charge in [0.25, 0.3) is 5.69 Å². The van der Waals surface area contributed by atoms with Crippen molar-refractivity contribution in [3.05, 3.63) is 41.0 Å². The topological polar surface area (TPSA) is 89.7 Å². The van der Waals surface area contributed by atoms with Gasteiger partial charge < -0.3 is 9.84 Å². The number of nitro groups is 1. The highest BCUT2D eigenvalue weighted by atomic mass is 16.6. The van der Waals surface area contributed by atoms with Crippen LogP contribution in [0.3, 0.4) is 0 Å². The normalized spacial score (nSPS) is 9.33. The van der Waals surface area contributed by atoms with Crippen molar-refractivity contribution in [3.8, 4) is 11.5 Å². The van der Waals surface area contributed by atoms with E-state index in [0.29, 0.717) is 0 Å². The first-order chi connectivity index (χ1) is 7.04. The number of phenols is 1. The third-order valence-corrected chi connectivity index (χ3v) is 1.53. The summed E-state index contributed by atoms with van der Waals surface area (Å²) in [6.45, 7) is 3.17. The Morgan fingerprint density at radius 3 is 2.73 bits per heavy atom. The standard InChI is InChI=1S/C9H7NO5/c1-2-9(12)15-8-4-3-6(10(13)14)5-7(8)11/h2-5,11H,1H2. The molecular weight excluding hydrogens is 202 g/mol. The number of hydrogen-bond acceptors (Lipinski definition) is 5. The second kappa shape index (κ2) is 4.23. The summed E-state index contributed by atoms with van der Waals surface area (Å²) in [7, 11) is 0. The van der Waals surface area contributed by atoms with Crippen LogP contribution in [0.4, 0.5) is 5.69 Å². The molecule has 1 N–H and O–H groups in total. The van der Waals surface area contributed by atoms with E-state index in [1.807, 2.05) is 0 Å². The van der Waals surface area contributed by atoms with Gasteiger partial charge in [0, 0.05) is 12.1 Å². The summed E-state index contributed by atoms with van der Waals surface area (Å²) in [5.41, 5.74) is -0.286. The van der Waals surface area contributed by atoms with Crippen molar-refractivity contribution in [1.82, 2.24) is 0 Å². The smallest absolute Gasteiger partial charge is 0.335 e. The third kappa shape index (κ3) is 2.53. The lowest BCUT2D eigenvalue weighted by molar-refractivity contribution is -0.385. The van der Waals surface area contributed by atoms with Crippen LogP contribution in [-0.2, 0) is 4.79 Å². The highest BCUT2D eigenvalue weighted by Crippen LogP contribution is 2.29. The van der Waals surface area contributed by atoms with Crippen LogP contribution in [0.25, 0.3) is 0 Å². The summed E-state index contributed by atoms with van der Waals surface area (Å²) >= 11 is 0. The molecule has 6 heteroatoms. The van der Waals surface area contributed by atoms with E-state index in [-0.39, 0.29) is 11.4 Å². The van der Waals surface area contributed by atoms with Gasteiger partial charge in [-0.15, -0.1) is 0 Å². The number of ether oxygens (including phenoxy) is 1. The van der Waals surface area contributed by atoms with E-state index in [2.05, 4.69) is 11.3 Å². The molecule has 0 unspecified atom stereocenters. The van der Waals surface area contributed by atoms with Crippen LogP contribution in [0.2, 0.25) is 0 Å². The highest BCUT2D eigenvalue weighted by Gasteiger charge is 2.12. The van der Waals surface area contributed by atoms with E-state index in [1.165, 1.54) is 0 Å². The molecule has 0 radical (unpaired) electrons. The minimum Gasteiger partial charge on any atom is -0.504 e. The van der Waals surface area contributed by atoms with Gasteiger partial charge in [0.1, 0.15) is 0 Å². The molecule has 0 heterocycles. The Morgan fingerprint density at radius 1 is 1.60 bits per heavy atom. The SMILES string of the molecule is C=CC(=O)Oc1ccc([N+](=O)[O-])cc1O. The Labute approximate surface area is 84.6 Å². The zero-order valence-corrected chi connectivity index (χ0v) is 7.54. The van der Waals surface area contributed by atoms with E-state index in [9.17, 15) is 20.0 Å². The van der Waals surface area contributed by atoms with E-state index in [0.717, 1.165) is 24.3 Å². The maximum absolute atomic E-state index is 10.8. The lowest BCUT2D eigenvalue weighted by Gasteiger charge is -2.02. The van der Waals surface area contributed by atoms with Crippen LogP contribution in [0.15, 0.2) is 30.9 Å². The van der Waals surface area contributed by atoms with Crippen LogP contribution in [0.5, 0.6) is 11.5 Å². The van der Waals surface area contributed by atoms with Crippen molar-refractivity contribution >= 4 is 11.7 Å². The molecule has 0 fully saturated rings. The van der Waals surface area contributed by atoms with Crippen LogP contribution in [-0.4, -0.2) is 16.0 Å². The predicted molar refractivity (Wildman–Crippen MR) is 50.6 cm³/mol. The Hall–Kier alpha value is -2.37. The van der Waals surface area contributed by atoms with Crippen molar-refractivity contribution in [2.75, 3.05) is 0 Å². The predicted octanol–water partition coefficient (Wildman–Crippen LogP) is 1.39. The first-order valence-corrected chi connectivity index (χ1v) is 3.86. The summed E-state index contributed by atoms with van der Waals surface area (Å²) in [5, 5.41) is 19.6. The van der Waals surface area contributed by atoms with Gasteiger partial charge in [-0.1, -0.05) is 6.58 Å². The number of benzene rings is 1. The summed E-state index contributed by atoms with van der Waals surface area (Å²) < 4.78 is 4.60. The van der Waals surface area contributed by atoms with E-state index in [1.54, 1.807) is 0 Å². The van der Waals surface area contributed by atoms with Gasteiger partial charge in [-0.2, -0.15) is 0 Å². The van der Waals surface area contributed by atoms with Crippen LogP contribution in [0, 0.1) is 10.1 Å². The number of nitrogens with zero attached hydrogens (tertiary/aromatic N) is 1. The fourth-order valence-corrected chi connectivity index (χ4v) is 0.856. The molecule has 0 saturated heterocycles. The number of carbonyl (C=O) groups is 1. The van der Waals surface area contributed by atoms with Crippen molar-refractivity contribution in [2.45, 2.75) is 0 Å². The summed E-state index contributed by atoms with van der Waals surface area (Å²) in [6, 6.07) is 3.14. The first-order valence-electron chi connectivity index (χ1n) is 3.86. The van der Waals surface area contributed by atoms with Gasteiger partial charge in [0.05, 0.1) is 11.0 Å². The number of nitro benzene ring substituents is 1. The van der Waals surface area contributed by atoms with Crippen molar-refractivity contribution in [2.24, 2.45) is 0 Å². The molecule has 0 spiro atoms. The fraction of sp³-hybridized carbons (Fsp3) is 0. The lowest BCUT2D eigenvalue weighted by Crippen LogP contribution is -2.03. The zero-order chi connectivity index (χ0) is 11.4. The Morgan fingerprint density at radius 2 is 2.27 bits per heavy atom. The Kier molecular flexibility index (Phi) is 3.02. The average molecular weight is 209 g/mol. The molecule has 0 bridgehead atoms. The maximum atomic E-state index is 10.8. The minimum atomic E-state index is -0.751. The number of phenolic OH excluding ortho intramolecular Hbond substituents is 1. The number of hydrogen-bond donors (Lipinski definition) is 1.